The average molecular weight is 239 g/mol. The molecule has 0 radical (unpaired) electrons. The van der Waals surface area contributed by atoms with Crippen LogP contribution in [0.3, 0.4) is 0 Å². The number of rotatable bonds is 5. The Hall–Kier alpha value is -1.62. The topological polar surface area (TPSA) is 66.4 Å². The van der Waals surface area contributed by atoms with Gasteiger partial charge >= 0.3 is 5.97 Å². The monoisotopic (exact) mass is 239 g/mol. The molecule has 1 rings (SSSR count). The summed E-state index contributed by atoms with van der Waals surface area (Å²) in [5.74, 6) is -0.955. The summed E-state index contributed by atoms with van der Waals surface area (Å²) in [5.41, 5.74) is 0.841. The van der Waals surface area contributed by atoms with E-state index in [2.05, 4.69) is 5.32 Å². The number of thiophene rings is 1. The maximum Gasteiger partial charge on any atom is 0.328 e. The van der Waals surface area contributed by atoms with Gasteiger partial charge in [0.1, 0.15) is 0 Å². The van der Waals surface area contributed by atoms with Gasteiger partial charge in [-0.2, -0.15) is 0 Å². The second kappa shape index (κ2) is 6.07. The van der Waals surface area contributed by atoms with Crippen LogP contribution in [0.25, 0.3) is 6.08 Å². The van der Waals surface area contributed by atoms with Gasteiger partial charge in [-0.15, -0.1) is 11.3 Å². The summed E-state index contributed by atoms with van der Waals surface area (Å²) in [6.45, 7) is 2.29. The molecule has 0 saturated carbocycles. The van der Waals surface area contributed by atoms with E-state index >= 15 is 0 Å². The molecule has 0 aliphatic carbocycles. The third-order valence-corrected chi connectivity index (χ3v) is 2.83. The van der Waals surface area contributed by atoms with Gasteiger partial charge in [0.05, 0.1) is 6.54 Å². The largest absolute Gasteiger partial charge is 0.478 e. The molecule has 0 unspecified atom stereocenters. The van der Waals surface area contributed by atoms with Crippen LogP contribution >= 0.6 is 11.3 Å². The Morgan fingerprint density at radius 3 is 2.94 bits per heavy atom. The van der Waals surface area contributed by atoms with Gasteiger partial charge in [0.15, 0.2) is 0 Å². The molecule has 0 aromatic carbocycles. The van der Waals surface area contributed by atoms with E-state index in [-0.39, 0.29) is 5.91 Å². The first-order chi connectivity index (χ1) is 7.61. The number of hydrogen-bond acceptors (Lipinski definition) is 3. The maximum atomic E-state index is 11.0. The Kier molecular flexibility index (Phi) is 4.72. The van der Waals surface area contributed by atoms with E-state index in [9.17, 15) is 9.59 Å². The Labute approximate surface area is 97.6 Å². The zero-order valence-electron chi connectivity index (χ0n) is 8.90. The zero-order chi connectivity index (χ0) is 12.0. The highest BCUT2D eigenvalue weighted by atomic mass is 32.1. The summed E-state index contributed by atoms with van der Waals surface area (Å²) in [7, 11) is 0. The number of nitrogens with one attached hydrogen (secondary N) is 1. The van der Waals surface area contributed by atoms with E-state index in [0.717, 1.165) is 16.5 Å². The third kappa shape index (κ3) is 4.27. The maximum absolute atomic E-state index is 11.0. The summed E-state index contributed by atoms with van der Waals surface area (Å²) >= 11 is 1.49. The van der Waals surface area contributed by atoms with Crippen LogP contribution in [-0.2, 0) is 16.1 Å². The number of carbonyl (C=O) groups is 2. The van der Waals surface area contributed by atoms with Crippen molar-refractivity contribution in [3.63, 3.8) is 0 Å². The van der Waals surface area contributed by atoms with E-state index in [0.29, 0.717) is 13.0 Å². The molecule has 0 saturated heterocycles. The first kappa shape index (κ1) is 12.4. The predicted octanol–water partition coefficient (Wildman–Crippen LogP) is 1.87. The van der Waals surface area contributed by atoms with Crippen LogP contribution in [0.15, 0.2) is 17.5 Å². The van der Waals surface area contributed by atoms with E-state index in [1.807, 2.05) is 11.4 Å². The molecule has 0 aliphatic rings. The highest BCUT2D eigenvalue weighted by Gasteiger charge is 2.00. The molecule has 0 fully saturated rings. The molecule has 2 N–H and O–H groups in total. The number of carboxylic acid groups (broad SMARTS) is 1. The van der Waals surface area contributed by atoms with Crippen LogP contribution in [-0.4, -0.2) is 17.0 Å². The SMILES string of the molecule is CCC(=O)NCc1cc(C=CC(=O)O)cs1. The second-order valence-electron chi connectivity index (χ2n) is 3.15. The lowest BCUT2D eigenvalue weighted by molar-refractivity contribution is -0.131. The van der Waals surface area contributed by atoms with Crippen molar-refractivity contribution >= 4 is 29.3 Å². The van der Waals surface area contributed by atoms with Crippen LogP contribution in [0.5, 0.6) is 0 Å². The van der Waals surface area contributed by atoms with Gasteiger partial charge in [-0.05, 0) is 23.1 Å². The highest BCUT2D eigenvalue weighted by molar-refractivity contribution is 7.10. The summed E-state index contributed by atoms with van der Waals surface area (Å²) in [6.07, 6.45) is 3.09. The minimum absolute atomic E-state index is 0.0102. The van der Waals surface area contributed by atoms with Gasteiger partial charge in [0.2, 0.25) is 5.91 Å². The lowest BCUT2D eigenvalue weighted by Crippen LogP contribution is -2.20. The quantitative estimate of drug-likeness (QED) is 0.771. The lowest BCUT2D eigenvalue weighted by Gasteiger charge is -1.99. The van der Waals surface area contributed by atoms with Gasteiger partial charge < -0.3 is 10.4 Å². The van der Waals surface area contributed by atoms with Gasteiger partial charge in [-0.3, -0.25) is 4.79 Å². The number of aliphatic carboxylic acids is 1. The number of carbonyl (C=O) groups excluding carboxylic acids is 1. The van der Waals surface area contributed by atoms with Gasteiger partial charge in [0.25, 0.3) is 0 Å². The standard InChI is InChI=1S/C11H13NO3S/c1-2-10(13)12-6-9-5-8(7-16-9)3-4-11(14)15/h3-5,7H,2,6H2,1H3,(H,12,13)(H,14,15). The van der Waals surface area contributed by atoms with Crippen molar-refractivity contribution in [3.05, 3.63) is 28.0 Å². The molecule has 4 nitrogen and oxygen atoms in total. The van der Waals surface area contributed by atoms with Crippen LogP contribution in [0.1, 0.15) is 23.8 Å². The van der Waals surface area contributed by atoms with E-state index in [1.54, 1.807) is 6.92 Å². The molecule has 16 heavy (non-hydrogen) atoms. The number of amides is 1. The fourth-order valence-electron chi connectivity index (χ4n) is 1.06. The molecule has 5 heteroatoms. The van der Waals surface area contributed by atoms with Crippen LogP contribution in [0.4, 0.5) is 0 Å². The molecule has 0 atom stereocenters. The summed E-state index contributed by atoms with van der Waals surface area (Å²) in [5, 5.41) is 13.1. The molecular weight excluding hydrogens is 226 g/mol. The Bertz CT molecular complexity index is 409. The van der Waals surface area contributed by atoms with E-state index in [4.69, 9.17) is 5.11 Å². The van der Waals surface area contributed by atoms with Gasteiger partial charge in [0, 0.05) is 17.4 Å². The highest BCUT2D eigenvalue weighted by Crippen LogP contribution is 2.15. The van der Waals surface area contributed by atoms with Crippen LogP contribution in [0, 0.1) is 0 Å². The zero-order valence-corrected chi connectivity index (χ0v) is 9.71. The van der Waals surface area contributed by atoms with Crippen molar-refractivity contribution in [1.82, 2.24) is 5.32 Å². The Morgan fingerprint density at radius 1 is 1.56 bits per heavy atom. The van der Waals surface area contributed by atoms with Crippen molar-refractivity contribution < 1.29 is 14.7 Å². The molecule has 1 heterocycles. The Balaban J connectivity index is 2.51. The second-order valence-corrected chi connectivity index (χ2v) is 4.14. The summed E-state index contributed by atoms with van der Waals surface area (Å²) < 4.78 is 0. The summed E-state index contributed by atoms with van der Waals surface area (Å²) in [6, 6.07) is 1.86. The Morgan fingerprint density at radius 2 is 2.31 bits per heavy atom. The van der Waals surface area contributed by atoms with Gasteiger partial charge in [-0.1, -0.05) is 6.92 Å². The van der Waals surface area contributed by atoms with E-state index < -0.39 is 5.97 Å². The molecule has 0 spiro atoms. The average Bonchev–Trinajstić information content (AvgIpc) is 2.71. The van der Waals surface area contributed by atoms with Crippen molar-refractivity contribution in [2.24, 2.45) is 0 Å². The lowest BCUT2D eigenvalue weighted by atomic mass is 10.3. The van der Waals surface area contributed by atoms with Crippen LogP contribution in [0.2, 0.25) is 0 Å². The number of carboxylic acids is 1. The fraction of sp³-hybridized carbons (Fsp3) is 0.273. The smallest absolute Gasteiger partial charge is 0.328 e. The van der Waals surface area contributed by atoms with Crippen molar-refractivity contribution in [3.8, 4) is 0 Å². The summed E-state index contributed by atoms with van der Waals surface area (Å²) in [4.78, 5) is 22.3. The minimum atomic E-state index is -0.966. The van der Waals surface area contributed by atoms with Crippen molar-refractivity contribution in [2.75, 3.05) is 0 Å². The predicted molar refractivity (Wildman–Crippen MR) is 63.1 cm³/mol. The first-order valence-corrected chi connectivity index (χ1v) is 5.75. The van der Waals surface area contributed by atoms with E-state index in [1.165, 1.54) is 17.4 Å². The number of hydrogen-bond donors (Lipinski definition) is 2. The molecule has 1 aromatic rings. The first-order valence-electron chi connectivity index (χ1n) is 4.87. The van der Waals surface area contributed by atoms with Crippen molar-refractivity contribution in [2.45, 2.75) is 19.9 Å². The molecule has 0 bridgehead atoms. The van der Waals surface area contributed by atoms with Crippen molar-refractivity contribution in [1.29, 1.82) is 0 Å². The third-order valence-electron chi connectivity index (χ3n) is 1.87. The molecule has 1 amide bonds. The fourth-order valence-corrected chi connectivity index (χ4v) is 1.85. The van der Waals surface area contributed by atoms with Crippen LogP contribution < -0.4 is 5.32 Å². The molecule has 0 aliphatic heterocycles. The molecule has 86 valence electrons. The molecular formula is C11H13NO3S. The normalized spacial score (nSPS) is 10.6. The molecule has 1 aromatic heterocycles. The minimum Gasteiger partial charge on any atom is -0.478 e. The van der Waals surface area contributed by atoms with Gasteiger partial charge in [-0.25, -0.2) is 4.79 Å².